The molecule has 0 bridgehead atoms. The van der Waals surface area contributed by atoms with Crippen LogP contribution in [-0.4, -0.2) is 28.9 Å². The average Bonchev–Trinajstić information content (AvgIpc) is 3.06. The van der Waals surface area contributed by atoms with Gasteiger partial charge in [0.05, 0.1) is 17.0 Å². The number of carbonyl (C=O) groups excluding carboxylic acids is 1. The van der Waals surface area contributed by atoms with E-state index in [0.717, 1.165) is 10.5 Å². The molecule has 0 saturated heterocycles. The van der Waals surface area contributed by atoms with Gasteiger partial charge in [-0.3, -0.25) is 4.79 Å². The number of likely N-dealkylation sites (N-methyl/N-ethyl adjacent to an activating group) is 1. The summed E-state index contributed by atoms with van der Waals surface area (Å²) in [6.45, 7) is 10.9. The third kappa shape index (κ3) is 3.82. The van der Waals surface area contributed by atoms with E-state index < -0.39 is 0 Å². The van der Waals surface area contributed by atoms with Crippen molar-refractivity contribution in [2.24, 2.45) is 0 Å². The van der Waals surface area contributed by atoms with E-state index in [1.165, 1.54) is 0 Å². The quantitative estimate of drug-likeness (QED) is 0.765. The third-order valence-corrected chi connectivity index (χ3v) is 4.00. The highest BCUT2D eigenvalue weighted by Gasteiger charge is 2.18. The summed E-state index contributed by atoms with van der Waals surface area (Å²) in [7, 11) is 0. The molecule has 0 saturated carbocycles. The van der Waals surface area contributed by atoms with Crippen molar-refractivity contribution in [1.82, 2.24) is 9.88 Å². The number of nitrogens with zero attached hydrogens (tertiary/aromatic N) is 2. The van der Waals surface area contributed by atoms with E-state index in [1.54, 1.807) is 16.2 Å². The van der Waals surface area contributed by atoms with Crippen LogP contribution in [0.5, 0.6) is 0 Å². The van der Waals surface area contributed by atoms with Crippen LogP contribution in [-0.2, 0) is 11.2 Å². The Morgan fingerprint density at radius 3 is 2.86 bits per heavy atom. The van der Waals surface area contributed by atoms with Crippen LogP contribution in [0.3, 0.4) is 0 Å². The Hall–Kier alpha value is -1.88. The Morgan fingerprint density at radius 2 is 2.29 bits per heavy atom. The number of aryl methyl sites for hydroxylation is 1. The number of thiophene rings is 1. The molecule has 0 spiro atoms. The average molecular weight is 304 g/mol. The lowest BCUT2D eigenvalue weighted by atomic mass is 10.2. The van der Waals surface area contributed by atoms with Gasteiger partial charge in [0, 0.05) is 13.1 Å². The van der Waals surface area contributed by atoms with E-state index >= 15 is 0 Å². The molecule has 0 radical (unpaired) electrons. The smallest absolute Gasteiger partial charge is 0.236 e. The monoisotopic (exact) mass is 304 g/mol. The third-order valence-electron chi connectivity index (χ3n) is 3.14. The van der Waals surface area contributed by atoms with Gasteiger partial charge in [0.1, 0.15) is 5.76 Å². The van der Waals surface area contributed by atoms with E-state index in [1.807, 2.05) is 38.3 Å². The lowest BCUT2D eigenvalue weighted by Gasteiger charge is -2.20. The molecular weight excluding hydrogens is 284 g/mol. The van der Waals surface area contributed by atoms with Crippen molar-refractivity contribution in [3.8, 4) is 10.8 Å². The van der Waals surface area contributed by atoms with Crippen LogP contribution >= 0.6 is 11.3 Å². The molecule has 0 aliphatic carbocycles. The molecule has 1 amide bonds. The zero-order valence-corrected chi connectivity index (χ0v) is 13.5. The Balaban J connectivity index is 2.12. The van der Waals surface area contributed by atoms with Gasteiger partial charge in [-0.05, 0) is 32.2 Å². The van der Waals surface area contributed by atoms with Gasteiger partial charge in [-0.2, -0.15) is 0 Å². The summed E-state index contributed by atoms with van der Waals surface area (Å²) in [5.41, 5.74) is 1.69. The summed E-state index contributed by atoms with van der Waals surface area (Å²) < 4.78 is 5.67. The SMILES string of the molecule is C=C(C)CN(CC)C(=O)Cc1nc(-c2cccs2)oc1C. The lowest BCUT2D eigenvalue weighted by molar-refractivity contribution is -0.129. The summed E-state index contributed by atoms with van der Waals surface area (Å²) >= 11 is 1.57. The molecule has 0 atom stereocenters. The van der Waals surface area contributed by atoms with Crippen molar-refractivity contribution in [3.63, 3.8) is 0 Å². The molecular formula is C16H20N2O2S. The van der Waals surface area contributed by atoms with Gasteiger partial charge in [0.2, 0.25) is 11.8 Å². The van der Waals surface area contributed by atoms with Gasteiger partial charge < -0.3 is 9.32 Å². The molecule has 5 heteroatoms. The number of aromatic nitrogens is 1. The predicted octanol–water partition coefficient (Wildman–Crippen LogP) is 3.68. The maximum atomic E-state index is 12.3. The topological polar surface area (TPSA) is 46.3 Å². The zero-order chi connectivity index (χ0) is 15.4. The molecule has 0 aromatic carbocycles. The number of carbonyl (C=O) groups is 1. The van der Waals surface area contributed by atoms with Crippen LogP contribution in [0.1, 0.15) is 25.3 Å². The number of hydrogen-bond acceptors (Lipinski definition) is 4. The minimum atomic E-state index is 0.0506. The summed E-state index contributed by atoms with van der Waals surface area (Å²) in [4.78, 5) is 19.6. The number of amides is 1. The molecule has 0 unspecified atom stereocenters. The van der Waals surface area contributed by atoms with E-state index in [-0.39, 0.29) is 12.3 Å². The first-order valence-electron chi connectivity index (χ1n) is 6.93. The Morgan fingerprint density at radius 1 is 1.52 bits per heavy atom. The van der Waals surface area contributed by atoms with E-state index in [0.29, 0.717) is 30.4 Å². The highest BCUT2D eigenvalue weighted by Crippen LogP contribution is 2.26. The van der Waals surface area contributed by atoms with Crippen LogP contribution in [0.4, 0.5) is 0 Å². The highest BCUT2D eigenvalue weighted by molar-refractivity contribution is 7.13. The summed E-state index contributed by atoms with van der Waals surface area (Å²) in [5.74, 6) is 1.35. The molecule has 2 rings (SSSR count). The Bertz CT molecular complexity index is 629. The van der Waals surface area contributed by atoms with Gasteiger partial charge in [-0.1, -0.05) is 18.2 Å². The predicted molar refractivity (Wildman–Crippen MR) is 85.3 cm³/mol. The van der Waals surface area contributed by atoms with Crippen LogP contribution in [0.15, 0.2) is 34.1 Å². The van der Waals surface area contributed by atoms with Gasteiger partial charge in [-0.15, -0.1) is 11.3 Å². The summed E-state index contributed by atoms with van der Waals surface area (Å²) in [6.07, 6.45) is 0.266. The standard InChI is InChI=1S/C16H20N2O2S/c1-5-18(10-11(2)3)15(19)9-13-12(4)20-16(17-13)14-7-6-8-21-14/h6-8H,2,5,9-10H2,1,3-4H3. The zero-order valence-electron chi connectivity index (χ0n) is 12.7. The minimum absolute atomic E-state index is 0.0506. The van der Waals surface area contributed by atoms with E-state index in [9.17, 15) is 4.79 Å². The van der Waals surface area contributed by atoms with Crippen molar-refractivity contribution in [1.29, 1.82) is 0 Å². The van der Waals surface area contributed by atoms with Crippen LogP contribution in [0.25, 0.3) is 10.8 Å². The van der Waals surface area contributed by atoms with Crippen LogP contribution in [0, 0.1) is 6.92 Å². The molecule has 21 heavy (non-hydrogen) atoms. The molecule has 0 N–H and O–H groups in total. The first kappa shape index (κ1) is 15.5. The number of rotatable bonds is 6. The van der Waals surface area contributed by atoms with Crippen molar-refractivity contribution in [2.45, 2.75) is 27.2 Å². The first-order chi connectivity index (χ1) is 10.0. The van der Waals surface area contributed by atoms with Gasteiger partial charge >= 0.3 is 0 Å². The maximum absolute atomic E-state index is 12.3. The molecule has 0 aliphatic heterocycles. The highest BCUT2D eigenvalue weighted by atomic mass is 32.1. The second-order valence-electron chi connectivity index (χ2n) is 5.04. The van der Waals surface area contributed by atoms with Crippen LogP contribution < -0.4 is 0 Å². The molecule has 0 fully saturated rings. The number of hydrogen-bond donors (Lipinski definition) is 0. The van der Waals surface area contributed by atoms with Gasteiger partial charge in [0.15, 0.2) is 0 Å². The lowest BCUT2D eigenvalue weighted by Crippen LogP contribution is -2.33. The fourth-order valence-corrected chi connectivity index (χ4v) is 2.70. The molecule has 112 valence electrons. The fourth-order valence-electron chi connectivity index (χ4n) is 2.05. The van der Waals surface area contributed by atoms with E-state index in [4.69, 9.17) is 4.42 Å². The molecule has 2 heterocycles. The Labute approximate surface area is 129 Å². The molecule has 2 aromatic heterocycles. The largest absolute Gasteiger partial charge is 0.440 e. The van der Waals surface area contributed by atoms with E-state index in [2.05, 4.69) is 11.6 Å². The molecule has 4 nitrogen and oxygen atoms in total. The maximum Gasteiger partial charge on any atom is 0.236 e. The summed E-state index contributed by atoms with van der Waals surface area (Å²) in [5, 5.41) is 1.98. The van der Waals surface area contributed by atoms with Gasteiger partial charge in [0.25, 0.3) is 0 Å². The Kier molecular flexibility index (Phi) is 4.96. The normalized spacial score (nSPS) is 10.6. The van der Waals surface area contributed by atoms with Crippen molar-refractivity contribution in [3.05, 3.63) is 41.1 Å². The van der Waals surface area contributed by atoms with Gasteiger partial charge in [-0.25, -0.2) is 4.98 Å². The molecule has 0 aliphatic rings. The van der Waals surface area contributed by atoms with Crippen molar-refractivity contribution < 1.29 is 9.21 Å². The fraction of sp³-hybridized carbons (Fsp3) is 0.375. The second-order valence-corrected chi connectivity index (χ2v) is 5.99. The summed E-state index contributed by atoms with van der Waals surface area (Å²) in [6, 6.07) is 3.91. The molecule has 2 aromatic rings. The first-order valence-corrected chi connectivity index (χ1v) is 7.81. The van der Waals surface area contributed by atoms with Crippen molar-refractivity contribution >= 4 is 17.2 Å². The van der Waals surface area contributed by atoms with Crippen molar-refractivity contribution in [2.75, 3.05) is 13.1 Å². The van der Waals surface area contributed by atoms with Crippen LogP contribution in [0.2, 0.25) is 0 Å². The minimum Gasteiger partial charge on any atom is -0.440 e. The second kappa shape index (κ2) is 6.72. The number of oxazole rings is 1.